The molecule has 160 valence electrons. The van der Waals surface area contributed by atoms with Gasteiger partial charge in [-0.25, -0.2) is 4.98 Å². The maximum Gasteiger partial charge on any atom is 0.251 e. The van der Waals surface area contributed by atoms with Crippen LogP contribution in [0.15, 0.2) is 59.7 Å². The van der Waals surface area contributed by atoms with Crippen LogP contribution in [0.25, 0.3) is 11.4 Å². The van der Waals surface area contributed by atoms with Crippen LogP contribution in [-0.2, 0) is 10.2 Å². The number of benzene rings is 1. The van der Waals surface area contributed by atoms with E-state index in [1.54, 1.807) is 25.6 Å². The summed E-state index contributed by atoms with van der Waals surface area (Å²) < 4.78 is 5.23. The Labute approximate surface area is 180 Å². The molecule has 1 aromatic carbocycles. The van der Waals surface area contributed by atoms with Gasteiger partial charge >= 0.3 is 0 Å². The number of nitrogens with zero attached hydrogens (tertiary/aromatic N) is 2. The van der Waals surface area contributed by atoms with Gasteiger partial charge in [0, 0.05) is 24.0 Å². The van der Waals surface area contributed by atoms with Crippen LogP contribution >= 0.6 is 0 Å². The monoisotopic (exact) mass is 418 g/mol. The van der Waals surface area contributed by atoms with Crippen LogP contribution in [0.4, 0.5) is 0 Å². The molecule has 2 N–H and O–H groups in total. The van der Waals surface area contributed by atoms with Gasteiger partial charge < -0.3 is 15.0 Å². The predicted molar refractivity (Wildman–Crippen MR) is 118 cm³/mol. The number of carbonyl (C=O) groups is 1. The molecule has 1 unspecified atom stereocenters. The highest BCUT2D eigenvalue weighted by atomic mass is 16.5. The van der Waals surface area contributed by atoms with Gasteiger partial charge in [0.15, 0.2) is 0 Å². The first-order valence-corrected chi connectivity index (χ1v) is 10.4. The lowest BCUT2D eigenvalue weighted by Gasteiger charge is -2.25. The molecule has 1 atom stereocenters. The molecule has 31 heavy (non-hydrogen) atoms. The van der Waals surface area contributed by atoms with Crippen LogP contribution in [0.5, 0.6) is 5.75 Å². The molecule has 1 fully saturated rings. The Balaban J connectivity index is 1.62. The van der Waals surface area contributed by atoms with Crippen molar-refractivity contribution in [2.45, 2.75) is 38.1 Å². The van der Waals surface area contributed by atoms with Gasteiger partial charge in [-0.05, 0) is 48.6 Å². The Morgan fingerprint density at radius 3 is 2.52 bits per heavy atom. The van der Waals surface area contributed by atoms with Crippen molar-refractivity contribution in [2.75, 3.05) is 7.11 Å². The van der Waals surface area contributed by atoms with E-state index >= 15 is 0 Å². The fourth-order valence-electron chi connectivity index (χ4n) is 3.82. The second-order valence-electron chi connectivity index (χ2n) is 8.27. The molecule has 2 heterocycles. The maximum atomic E-state index is 13.3. The Hall–Kier alpha value is -3.48. The number of aromatic nitrogens is 3. The zero-order valence-corrected chi connectivity index (χ0v) is 17.9. The van der Waals surface area contributed by atoms with Crippen LogP contribution in [0.2, 0.25) is 0 Å². The van der Waals surface area contributed by atoms with Crippen LogP contribution in [0, 0.1) is 5.92 Å². The number of methoxy groups -OCH3 is 1. The van der Waals surface area contributed by atoms with Crippen molar-refractivity contribution in [2.24, 2.45) is 5.92 Å². The van der Waals surface area contributed by atoms with E-state index in [0.717, 1.165) is 24.2 Å². The summed E-state index contributed by atoms with van der Waals surface area (Å²) in [6, 6.07) is 12.3. The molecule has 7 nitrogen and oxygen atoms in total. The standard InChI is InChI=1S/C24H26N4O3/c1-15(2)21(19-13-20(29)27-22(26-19)16-5-4-12-25-14-16)28-23(30)24(10-11-24)17-6-8-18(31-3)9-7-17/h4-9,12-15,21H,10-11H2,1-3H3,(H,28,30)(H,26,27,29). The number of amides is 1. The van der Waals surface area contributed by atoms with Crippen molar-refractivity contribution in [3.63, 3.8) is 0 Å². The molecule has 1 amide bonds. The van der Waals surface area contributed by atoms with E-state index in [1.807, 2.05) is 44.2 Å². The van der Waals surface area contributed by atoms with E-state index in [4.69, 9.17) is 4.74 Å². The lowest BCUT2D eigenvalue weighted by molar-refractivity contribution is -0.124. The summed E-state index contributed by atoms with van der Waals surface area (Å²) in [7, 11) is 1.62. The van der Waals surface area contributed by atoms with Crippen molar-refractivity contribution in [3.05, 3.63) is 76.5 Å². The summed E-state index contributed by atoms with van der Waals surface area (Å²) in [5.41, 5.74) is 1.43. The first kappa shape index (κ1) is 20.8. The van der Waals surface area contributed by atoms with Crippen molar-refractivity contribution in [3.8, 4) is 17.1 Å². The van der Waals surface area contributed by atoms with Crippen molar-refractivity contribution in [1.29, 1.82) is 0 Å². The van der Waals surface area contributed by atoms with Gasteiger partial charge in [-0.3, -0.25) is 14.6 Å². The Morgan fingerprint density at radius 1 is 1.19 bits per heavy atom. The fraction of sp³-hybridized carbons (Fsp3) is 0.333. The Kier molecular flexibility index (Phi) is 5.59. The van der Waals surface area contributed by atoms with E-state index in [0.29, 0.717) is 17.1 Å². The van der Waals surface area contributed by atoms with E-state index in [2.05, 4.69) is 20.3 Å². The van der Waals surface area contributed by atoms with Gasteiger partial charge in [0.1, 0.15) is 11.6 Å². The summed E-state index contributed by atoms with van der Waals surface area (Å²) in [6.07, 6.45) is 4.89. The molecule has 2 aromatic heterocycles. The number of aromatic amines is 1. The number of hydrogen-bond acceptors (Lipinski definition) is 5. The third-order valence-corrected chi connectivity index (χ3v) is 5.80. The van der Waals surface area contributed by atoms with E-state index in [1.165, 1.54) is 6.07 Å². The van der Waals surface area contributed by atoms with Gasteiger partial charge in [-0.2, -0.15) is 0 Å². The van der Waals surface area contributed by atoms with Crippen molar-refractivity contribution in [1.82, 2.24) is 20.3 Å². The largest absolute Gasteiger partial charge is 0.497 e. The molecule has 1 aliphatic rings. The topological polar surface area (TPSA) is 97.0 Å². The third-order valence-electron chi connectivity index (χ3n) is 5.80. The maximum absolute atomic E-state index is 13.3. The molecule has 1 aliphatic carbocycles. The number of hydrogen-bond donors (Lipinski definition) is 2. The Bertz CT molecular complexity index is 1120. The molecular formula is C24H26N4O3. The molecule has 1 saturated carbocycles. The normalized spacial score (nSPS) is 15.4. The van der Waals surface area contributed by atoms with Gasteiger partial charge in [0.2, 0.25) is 5.91 Å². The lowest BCUT2D eigenvalue weighted by atomic mass is 9.93. The second kappa shape index (κ2) is 8.34. The predicted octanol–water partition coefficient (Wildman–Crippen LogP) is 3.39. The van der Waals surface area contributed by atoms with Crippen LogP contribution in [-0.4, -0.2) is 28.0 Å². The van der Waals surface area contributed by atoms with Crippen molar-refractivity contribution >= 4 is 5.91 Å². The van der Waals surface area contributed by atoms with Gasteiger partial charge in [-0.15, -0.1) is 0 Å². The van der Waals surface area contributed by atoms with Gasteiger partial charge in [0.05, 0.1) is 24.3 Å². The average molecular weight is 418 g/mol. The highest BCUT2D eigenvalue weighted by Gasteiger charge is 2.51. The third kappa shape index (κ3) is 4.21. The number of pyridine rings is 1. The number of H-pyrrole nitrogens is 1. The molecule has 0 bridgehead atoms. The second-order valence-corrected chi connectivity index (χ2v) is 8.27. The number of ether oxygens (including phenoxy) is 1. The molecule has 0 spiro atoms. The Morgan fingerprint density at radius 2 is 1.94 bits per heavy atom. The number of nitrogens with one attached hydrogen (secondary N) is 2. The van der Waals surface area contributed by atoms with Gasteiger partial charge in [-0.1, -0.05) is 26.0 Å². The summed E-state index contributed by atoms with van der Waals surface area (Å²) in [6.45, 7) is 4.01. The lowest BCUT2D eigenvalue weighted by Crippen LogP contribution is -2.40. The summed E-state index contributed by atoms with van der Waals surface area (Å²) in [4.78, 5) is 37.2. The highest BCUT2D eigenvalue weighted by Crippen LogP contribution is 2.49. The first-order chi connectivity index (χ1) is 14.9. The SMILES string of the molecule is COc1ccc(C2(C(=O)NC(c3cc(=O)[nH]c(-c4cccnc4)n3)C(C)C)CC2)cc1. The summed E-state index contributed by atoms with van der Waals surface area (Å²) in [5.74, 6) is 1.20. The minimum atomic E-state index is -0.535. The summed E-state index contributed by atoms with van der Waals surface area (Å²) >= 11 is 0. The summed E-state index contributed by atoms with van der Waals surface area (Å²) in [5, 5.41) is 3.17. The van der Waals surface area contributed by atoms with Crippen LogP contribution in [0.1, 0.15) is 44.0 Å². The van der Waals surface area contributed by atoms with Crippen molar-refractivity contribution < 1.29 is 9.53 Å². The molecule has 3 aromatic rings. The van der Waals surface area contributed by atoms with Crippen LogP contribution < -0.4 is 15.6 Å². The molecular weight excluding hydrogens is 392 g/mol. The number of carbonyl (C=O) groups excluding carboxylic acids is 1. The zero-order valence-electron chi connectivity index (χ0n) is 17.9. The minimum absolute atomic E-state index is 0.0404. The first-order valence-electron chi connectivity index (χ1n) is 10.4. The van der Waals surface area contributed by atoms with E-state index in [-0.39, 0.29) is 23.4 Å². The quantitative estimate of drug-likeness (QED) is 0.613. The number of rotatable bonds is 7. The van der Waals surface area contributed by atoms with E-state index < -0.39 is 5.41 Å². The van der Waals surface area contributed by atoms with Crippen LogP contribution in [0.3, 0.4) is 0 Å². The molecule has 0 aliphatic heterocycles. The smallest absolute Gasteiger partial charge is 0.251 e. The molecule has 0 radical (unpaired) electrons. The fourth-order valence-corrected chi connectivity index (χ4v) is 3.82. The highest BCUT2D eigenvalue weighted by molar-refractivity contribution is 5.91. The molecule has 4 rings (SSSR count). The minimum Gasteiger partial charge on any atom is -0.497 e. The molecule has 7 heteroatoms. The average Bonchev–Trinajstić information content (AvgIpc) is 3.59. The van der Waals surface area contributed by atoms with Gasteiger partial charge in [0.25, 0.3) is 5.56 Å². The molecule has 0 saturated heterocycles. The van der Waals surface area contributed by atoms with E-state index in [9.17, 15) is 9.59 Å². The zero-order chi connectivity index (χ0) is 22.0.